The van der Waals surface area contributed by atoms with Crippen LogP contribution in [-0.2, 0) is 6.54 Å². The number of nitrogens with two attached hydrogens (primary N) is 1. The van der Waals surface area contributed by atoms with Crippen LogP contribution in [0.25, 0.3) is 70.9 Å². The quantitative estimate of drug-likeness (QED) is 0.140. The largest absolute Gasteiger partial charge is 0.326 e. The molecule has 1 heterocycles. The Bertz CT molecular complexity index is 2800. The molecule has 0 bridgehead atoms. The van der Waals surface area contributed by atoms with Crippen molar-refractivity contribution in [1.29, 1.82) is 5.41 Å². The second-order valence-electron chi connectivity index (χ2n) is 13.5. The van der Waals surface area contributed by atoms with Gasteiger partial charge < -0.3 is 15.7 Å². The van der Waals surface area contributed by atoms with Crippen LogP contribution in [-0.4, -0.2) is 10.8 Å². The van der Waals surface area contributed by atoms with Gasteiger partial charge in [-0.1, -0.05) is 169 Å². The van der Waals surface area contributed by atoms with Crippen molar-refractivity contribution < 1.29 is 0 Å². The average Bonchev–Trinajstić information content (AvgIpc) is 3.59. The summed E-state index contributed by atoms with van der Waals surface area (Å²) in [6.45, 7) is 2.80. The van der Waals surface area contributed by atoms with E-state index in [1.807, 2.05) is 48.5 Å². The molecule has 0 saturated heterocycles. The molecule has 0 amide bonds. The molecule has 0 unspecified atom stereocenters. The second-order valence-corrected chi connectivity index (χ2v) is 13.5. The molecule has 1 aromatic heterocycles. The molecule has 54 heavy (non-hydrogen) atoms. The fraction of sp³-hybridized carbons (Fsp3) is 0.0392. The standard InChI is InChI=1S/C25H18N2.C19H14.C7H9N/c26-17-18-6-5-7-20(16-18)19-12-14-21(15-13-19)27-24-10-3-1-8-22(24)23-9-2-4-11-25(23)27;1-13-10-11-18-16-8-3-2-6-14(16)15-7-4-5-9-17(15)19(18)12-13;8-6-7-4-2-1-3-5-7/h1-17,26H;2-12H,1H3;1-5H,6,8H2. The van der Waals surface area contributed by atoms with E-state index in [4.69, 9.17) is 11.1 Å². The van der Waals surface area contributed by atoms with Crippen molar-refractivity contribution in [2.24, 2.45) is 5.73 Å². The molecule has 0 spiro atoms. The Balaban J connectivity index is 0.000000132. The van der Waals surface area contributed by atoms with Gasteiger partial charge in [0.2, 0.25) is 0 Å². The molecule has 3 nitrogen and oxygen atoms in total. The van der Waals surface area contributed by atoms with Crippen molar-refractivity contribution in [2.45, 2.75) is 13.5 Å². The molecule has 10 rings (SSSR count). The van der Waals surface area contributed by atoms with Crippen molar-refractivity contribution in [2.75, 3.05) is 0 Å². The van der Waals surface area contributed by atoms with E-state index in [1.165, 1.54) is 71.5 Å². The fourth-order valence-electron chi connectivity index (χ4n) is 7.45. The molecule has 10 aromatic rings. The van der Waals surface area contributed by atoms with E-state index in [0.717, 1.165) is 22.4 Å². The van der Waals surface area contributed by atoms with Crippen LogP contribution < -0.4 is 5.73 Å². The van der Waals surface area contributed by atoms with Gasteiger partial charge in [0.05, 0.1) is 11.0 Å². The zero-order chi connectivity index (χ0) is 36.9. The van der Waals surface area contributed by atoms with E-state index in [2.05, 4.69) is 157 Å². The predicted molar refractivity (Wildman–Crippen MR) is 232 cm³/mol. The lowest BCUT2D eigenvalue weighted by Crippen LogP contribution is -1.94. The number of aryl methyl sites for hydroxylation is 1. The summed E-state index contributed by atoms with van der Waals surface area (Å²) in [5, 5.41) is 18.1. The summed E-state index contributed by atoms with van der Waals surface area (Å²) in [6, 6.07) is 67.9. The number of hydrogen-bond acceptors (Lipinski definition) is 2. The molecule has 0 aliphatic heterocycles. The van der Waals surface area contributed by atoms with Gasteiger partial charge in [-0.3, -0.25) is 0 Å². The lowest BCUT2D eigenvalue weighted by molar-refractivity contribution is 1.07. The maximum Gasteiger partial charge on any atom is 0.0541 e. The molecule has 260 valence electrons. The molecule has 0 atom stereocenters. The molecular formula is C51H41N3. The van der Waals surface area contributed by atoms with Crippen molar-refractivity contribution in [1.82, 2.24) is 4.57 Å². The van der Waals surface area contributed by atoms with E-state index < -0.39 is 0 Å². The van der Waals surface area contributed by atoms with E-state index in [0.29, 0.717) is 6.54 Å². The van der Waals surface area contributed by atoms with Crippen LogP contribution in [0, 0.1) is 12.3 Å². The van der Waals surface area contributed by atoms with Crippen molar-refractivity contribution in [3.8, 4) is 16.8 Å². The van der Waals surface area contributed by atoms with Crippen molar-refractivity contribution in [3.05, 3.63) is 211 Å². The Labute approximate surface area is 316 Å². The van der Waals surface area contributed by atoms with Gasteiger partial charge in [0.25, 0.3) is 0 Å². The van der Waals surface area contributed by atoms with Crippen LogP contribution in [0.2, 0.25) is 0 Å². The van der Waals surface area contributed by atoms with Crippen molar-refractivity contribution in [3.63, 3.8) is 0 Å². The highest BCUT2D eigenvalue weighted by atomic mass is 15.0. The minimum absolute atomic E-state index is 0.640. The SMILES string of the molecule is Cc1ccc2c3ccccc3c3ccccc3c2c1.N=Cc1cccc(-c2ccc(-n3c4ccccc4c4ccccc43)cc2)c1.NCc1ccccc1. The molecule has 3 heteroatoms. The minimum Gasteiger partial charge on any atom is -0.326 e. The van der Waals surface area contributed by atoms with Gasteiger partial charge in [-0.25, -0.2) is 0 Å². The van der Waals surface area contributed by atoms with Gasteiger partial charge in [-0.05, 0) is 91.8 Å². The van der Waals surface area contributed by atoms with Crippen LogP contribution in [0.1, 0.15) is 16.7 Å². The minimum atomic E-state index is 0.640. The van der Waals surface area contributed by atoms with E-state index >= 15 is 0 Å². The Morgan fingerprint density at radius 1 is 0.444 bits per heavy atom. The van der Waals surface area contributed by atoms with Crippen LogP contribution in [0.5, 0.6) is 0 Å². The van der Waals surface area contributed by atoms with Gasteiger partial charge in [-0.15, -0.1) is 0 Å². The summed E-state index contributed by atoms with van der Waals surface area (Å²) in [6.07, 6.45) is 1.38. The molecule has 0 radical (unpaired) electrons. The van der Waals surface area contributed by atoms with Crippen LogP contribution in [0.15, 0.2) is 194 Å². The third-order valence-electron chi connectivity index (χ3n) is 10.1. The molecule has 9 aromatic carbocycles. The Morgan fingerprint density at radius 2 is 0.944 bits per heavy atom. The highest BCUT2D eigenvalue weighted by Gasteiger charge is 2.11. The maximum absolute atomic E-state index is 7.46. The zero-order valence-electron chi connectivity index (χ0n) is 30.3. The number of aromatic nitrogens is 1. The first-order chi connectivity index (χ1) is 26.6. The Kier molecular flexibility index (Phi) is 9.80. The molecule has 0 saturated carbocycles. The van der Waals surface area contributed by atoms with Gasteiger partial charge in [-0.2, -0.15) is 0 Å². The molecular weight excluding hydrogens is 655 g/mol. The molecule has 0 aliphatic carbocycles. The lowest BCUT2D eigenvalue weighted by Gasteiger charge is -2.10. The summed E-state index contributed by atoms with van der Waals surface area (Å²) in [4.78, 5) is 0. The van der Waals surface area contributed by atoms with Crippen LogP contribution in [0.4, 0.5) is 0 Å². The third kappa shape index (κ3) is 6.77. The van der Waals surface area contributed by atoms with Gasteiger partial charge >= 0.3 is 0 Å². The van der Waals surface area contributed by atoms with Gasteiger partial charge in [0.15, 0.2) is 0 Å². The highest BCUT2D eigenvalue weighted by molar-refractivity contribution is 6.25. The fourth-order valence-corrected chi connectivity index (χ4v) is 7.45. The Morgan fingerprint density at radius 3 is 1.48 bits per heavy atom. The third-order valence-corrected chi connectivity index (χ3v) is 10.1. The number of benzene rings is 9. The first-order valence-electron chi connectivity index (χ1n) is 18.4. The van der Waals surface area contributed by atoms with Crippen molar-refractivity contribution >= 4 is 60.3 Å². The monoisotopic (exact) mass is 695 g/mol. The summed E-state index contributed by atoms with van der Waals surface area (Å²) < 4.78 is 2.32. The average molecular weight is 696 g/mol. The summed E-state index contributed by atoms with van der Waals surface area (Å²) in [5.74, 6) is 0. The van der Waals surface area contributed by atoms with E-state index in [9.17, 15) is 0 Å². The van der Waals surface area contributed by atoms with E-state index in [1.54, 1.807) is 0 Å². The number of hydrogen-bond donors (Lipinski definition) is 2. The number of nitrogens with one attached hydrogen (secondary N) is 1. The Hall–Kier alpha value is -6.81. The number of fused-ring (bicyclic) bond motifs is 9. The maximum atomic E-state index is 7.46. The molecule has 3 N–H and O–H groups in total. The van der Waals surface area contributed by atoms with Crippen LogP contribution in [0.3, 0.4) is 0 Å². The summed E-state index contributed by atoms with van der Waals surface area (Å²) in [7, 11) is 0. The first kappa shape index (κ1) is 34.3. The van der Waals surface area contributed by atoms with E-state index in [-0.39, 0.29) is 0 Å². The number of para-hydroxylation sites is 2. The normalized spacial score (nSPS) is 10.9. The topological polar surface area (TPSA) is 54.8 Å². The zero-order valence-corrected chi connectivity index (χ0v) is 30.3. The highest BCUT2D eigenvalue weighted by Crippen LogP contribution is 2.35. The van der Waals surface area contributed by atoms with Gasteiger partial charge in [0.1, 0.15) is 0 Å². The van der Waals surface area contributed by atoms with Gasteiger partial charge in [0, 0.05) is 29.2 Å². The molecule has 0 fully saturated rings. The number of rotatable bonds is 4. The van der Waals surface area contributed by atoms with Crippen LogP contribution >= 0.6 is 0 Å². The first-order valence-corrected chi connectivity index (χ1v) is 18.4. The second kappa shape index (κ2) is 15.4. The lowest BCUT2D eigenvalue weighted by atomic mass is 9.93. The predicted octanol–water partition coefficient (Wildman–Crippen LogP) is 13.0. The summed E-state index contributed by atoms with van der Waals surface area (Å²) >= 11 is 0. The summed E-state index contributed by atoms with van der Waals surface area (Å²) in [5.41, 5.74) is 14.6. The smallest absolute Gasteiger partial charge is 0.0541 e. The molecule has 0 aliphatic rings. The number of nitrogens with zero attached hydrogens (tertiary/aromatic N) is 1.